The van der Waals surface area contributed by atoms with Crippen LogP contribution in [0.1, 0.15) is 10.4 Å². The second-order valence-electron chi connectivity index (χ2n) is 6.51. The van der Waals surface area contributed by atoms with Crippen molar-refractivity contribution in [2.45, 2.75) is 14.7 Å². The minimum Gasteiger partial charge on any atom is -0.870 e. The van der Waals surface area contributed by atoms with Crippen LogP contribution in [0.4, 0.5) is 17.6 Å². The average Bonchev–Trinajstić information content (AvgIpc) is 2.84. The van der Waals surface area contributed by atoms with Crippen molar-refractivity contribution in [2.75, 3.05) is 0 Å². The van der Waals surface area contributed by atoms with Crippen LogP contribution in [-0.4, -0.2) is 11.1 Å². The lowest BCUT2D eigenvalue weighted by molar-refractivity contribution is -0.273. The second kappa shape index (κ2) is 10.7. The van der Waals surface area contributed by atoms with Crippen LogP contribution in [-0.2, 0) is 10.9 Å². The summed E-state index contributed by atoms with van der Waals surface area (Å²) in [4.78, 5) is 14.2. The van der Waals surface area contributed by atoms with Gasteiger partial charge in [0.25, 0.3) is 0 Å². The molecule has 0 bridgehead atoms. The van der Waals surface area contributed by atoms with E-state index in [1.54, 1.807) is 0 Å². The smallest absolute Gasteiger partial charge is 0.338 e. The van der Waals surface area contributed by atoms with E-state index in [1.807, 2.05) is 0 Å². The molecule has 0 fully saturated rings. The molecule has 0 aliphatic carbocycles. The fourth-order valence-electron chi connectivity index (χ4n) is 2.88. The van der Waals surface area contributed by atoms with Gasteiger partial charge in [0.2, 0.25) is 0 Å². The van der Waals surface area contributed by atoms with E-state index in [0.29, 0.717) is 0 Å². The molecular formula is C25H16F4O3S. The SMILES string of the molecule is O=C(O)c1c([O-])c(F)c(F)c(F)c1F.c1ccc([S+](c2ccccc2)c2ccccc2)cc1. The Balaban J connectivity index is 0.000000196. The molecule has 0 saturated carbocycles. The Bertz CT molecular complexity index is 1110. The molecule has 0 unspecified atom stereocenters. The van der Waals surface area contributed by atoms with Gasteiger partial charge in [-0.15, -0.1) is 0 Å². The van der Waals surface area contributed by atoms with Crippen LogP contribution in [0.15, 0.2) is 106 Å². The van der Waals surface area contributed by atoms with E-state index >= 15 is 0 Å². The number of halogens is 4. The maximum Gasteiger partial charge on any atom is 0.338 e. The number of benzene rings is 4. The standard InChI is InChI=1S/C18H15S.C7H2F4O3/c1-4-10-16(11-5-1)19(17-12-6-2-7-13-17)18-14-8-3-9-15-18;8-2-1(7(13)14)6(12)5(11)4(10)3(2)9/h1-15H;12H,(H,13,14)/q+1;/p-1. The highest BCUT2D eigenvalue weighted by Crippen LogP contribution is 2.30. The van der Waals surface area contributed by atoms with Crippen molar-refractivity contribution in [2.24, 2.45) is 0 Å². The van der Waals surface area contributed by atoms with Crippen molar-refractivity contribution >= 4 is 16.9 Å². The highest BCUT2D eigenvalue weighted by Gasteiger charge is 2.27. The molecule has 4 aromatic carbocycles. The second-order valence-corrected chi connectivity index (χ2v) is 8.54. The molecule has 3 nitrogen and oxygen atoms in total. The molecule has 0 heterocycles. The van der Waals surface area contributed by atoms with Crippen molar-refractivity contribution in [1.29, 1.82) is 0 Å². The molecule has 8 heteroatoms. The number of hydrogen-bond acceptors (Lipinski definition) is 2. The fourth-order valence-corrected chi connectivity index (χ4v) is 4.98. The van der Waals surface area contributed by atoms with Gasteiger partial charge in [0.1, 0.15) is 0 Å². The zero-order chi connectivity index (χ0) is 24.0. The largest absolute Gasteiger partial charge is 0.870 e. The minimum atomic E-state index is -2.32. The lowest BCUT2D eigenvalue weighted by Crippen LogP contribution is -2.13. The molecule has 4 aromatic rings. The van der Waals surface area contributed by atoms with Gasteiger partial charge < -0.3 is 10.2 Å². The molecule has 0 amide bonds. The van der Waals surface area contributed by atoms with Crippen LogP contribution < -0.4 is 5.11 Å². The van der Waals surface area contributed by atoms with Crippen LogP contribution >= 0.6 is 0 Å². The van der Waals surface area contributed by atoms with Crippen LogP contribution in [0.5, 0.6) is 5.75 Å². The van der Waals surface area contributed by atoms with Crippen LogP contribution in [0.2, 0.25) is 0 Å². The van der Waals surface area contributed by atoms with Crippen molar-refractivity contribution in [3.05, 3.63) is 120 Å². The monoisotopic (exact) mass is 472 g/mol. The normalized spacial score (nSPS) is 10.5. The fraction of sp³-hybridized carbons (Fsp3) is 0. The zero-order valence-electron chi connectivity index (χ0n) is 16.8. The third kappa shape index (κ3) is 5.35. The molecule has 33 heavy (non-hydrogen) atoms. The molecule has 0 aliphatic heterocycles. The maximum atomic E-state index is 12.6. The van der Waals surface area contributed by atoms with Gasteiger partial charge in [0, 0.05) is 0 Å². The summed E-state index contributed by atoms with van der Waals surface area (Å²) < 4.78 is 49.7. The first-order valence-electron chi connectivity index (χ1n) is 9.48. The topological polar surface area (TPSA) is 60.4 Å². The van der Waals surface area contributed by atoms with Crippen molar-refractivity contribution in [1.82, 2.24) is 0 Å². The first kappa shape index (κ1) is 23.9. The molecule has 0 atom stereocenters. The summed E-state index contributed by atoms with van der Waals surface area (Å²) in [5, 5.41) is 18.8. The quantitative estimate of drug-likeness (QED) is 0.177. The highest BCUT2D eigenvalue weighted by molar-refractivity contribution is 7.97. The van der Waals surface area contributed by atoms with Gasteiger partial charge in [-0.05, 0) is 36.4 Å². The zero-order valence-corrected chi connectivity index (χ0v) is 17.7. The molecule has 0 aliphatic rings. The summed E-state index contributed by atoms with van der Waals surface area (Å²) in [5.74, 6) is -13.3. The predicted molar refractivity (Wildman–Crippen MR) is 114 cm³/mol. The van der Waals surface area contributed by atoms with E-state index < -0.39 is 40.6 Å². The van der Waals surface area contributed by atoms with Gasteiger partial charge in [-0.1, -0.05) is 60.3 Å². The maximum absolute atomic E-state index is 12.6. The number of aromatic carboxylic acids is 1. The van der Waals surface area contributed by atoms with E-state index in [-0.39, 0.29) is 10.9 Å². The third-order valence-electron chi connectivity index (χ3n) is 4.37. The molecule has 1 N–H and O–H groups in total. The average molecular weight is 472 g/mol. The van der Waals surface area contributed by atoms with Crippen LogP contribution in [0, 0.1) is 23.3 Å². The van der Waals surface area contributed by atoms with Gasteiger partial charge in [0.05, 0.1) is 16.5 Å². The Morgan fingerprint density at radius 2 is 0.939 bits per heavy atom. The number of carbonyl (C=O) groups is 1. The molecule has 4 rings (SSSR count). The minimum absolute atomic E-state index is 0.0146. The number of carboxylic acids is 1. The Kier molecular flexibility index (Phi) is 7.74. The van der Waals surface area contributed by atoms with Gasteiger partial charge in [-0.25, -0.2) is 22.4 Å². The molecular weight excluding hydrogens is 456 g/mol. The molecule has 0 saturated heterocycles. The lowest BCUT2D eigenvalue weighted by Gasteiger charge is -2.13. The lowest BCUT2D eigenvalue weighted by atomic mass is 10.1. The van der Waals surface area contributed by atoms with Gasteiger partial charge in [-0.3, -0.25) is 0 Å². The van der Waals surface area contributed by atoms with Crippen molar-refractivity contribution in [3.63, 3.8) is 0 Å². The van der Waals surface area contributed by atoms with Gasteiger partial charge >= 0.3 is 5.97 Å². The summed E-state index contributed by atoms with van der Waals surface area (Å²) >= 11 is 0. The van der Waals surface area contributed by atoms with E-state index in [2.05, 4.69) is 91.0 Å². The number of rotatable bonds is 4. The Morgan fingerprint density at radius 3 is 1.27 bits per heavy atom. The van der Waals surface area contributed by atoms with Gasteiger partial charge in [0.15, 0.2) is 38.0 Å². The Labute approximate surface area is 189 Å². The summed E-state index contributed by atoms with van der Waals surface area (Å²) in [6, 6.07) is 32.2. The van der Waals surface area contributed by atoms with E-state index in [0.717, 1.165) is 0 Å². The summed E-state index contributed by atoms with van der Waals surface area (Å²) in [7, 11) is -0.0146. The molecule has 0 radical (unpaired) electrons. The van der Waals surface area contributed by atoms with Crippen LogP contribution in [0.25, 0.3) is 0 Å². The predicted octanol–water partition coefficient (Wildman–Crippen LogP) is 5.80. The van der Waals surface area contributed by atoms with Crippen molar-refractivity contribution < 1.29 is 32.6 Å². The first-order chi connectivity index (χ1) is 15.8. The van der Waals surface area contributed by atoms with E-state index in [1.165, 1.54) is 14.7 Å². The summed E-state index contributed by atoms with van der Waals surface area (Å²) in [6.07, 6.45) is 0. The van der Waals surface area contributed by atoms with E-state index in [9.17, 15) is 27.5 Å². The first-order valence-corrected chi connectivity index (χ1v) is 10.7. The molecule has 168 valence electrons. The Morgan fingerprint density at radius 1 is 0.606 bits per heavy atom. The summed E-state index contributed by atoms with van der Waals surface area (Å²) in [5.41, 5.74) is -1.75. The molecule has 0 spiro atoms. The Hall–Kier alpha value is -3.78. The number of hydrogen-bond donors (Lipinski definition) is 1. The summed E-state index contributed by atoms with van der Waals surface area (Å²) in [6.45, 7) is 0. The molecule has 0 aromatic heterocycles. The van der Waals surface area contributed by atoms with E-state index in [4.69, 9.17) is 5.11 Å². The highest BCUT2D eigenvalue weighted by atomic mass is 32.2. The van der Waals surface area contributed by atoms with Crippen LogP contribution in [0.3, 0.4) is 0 Å². The van der Waals surface area contributed by atoms with Crippen molar-refractivity contribution in [3.8, 4) is 5.75 Å². The number of carboxylic acid groups (broad SMARTS) is 1. The van der Waals surface area contributed by atoms with Gasteiger partial charge in [-0.2, -0.15) is 0 Å². The third-order valence-corrected chi connectivity index (χ3v) is 6.61.